The van der Waals surface area contributed by atoms with Crippen LogP contribution in [0.15, 0.2) is 35.1 Å². The van der Waals surface area contributed by atoms with Gasteiger partial charge in [-0.3, -0.25) is 14.5 Å². The van der Waals surface area contributed by atoms with Crippen molar-refractivity contribution in [3.8, 4) is 0 Å². The van der Waals surface area contributed by atoms with Gasteiger partial charge in [0.15, 0.2) is 5.52 Å². The second kappa shape index (κ2) is 7.09. The normalized spacial score (nSPS) is 11.4. The summed E-state index contributed by atoms with van der Waals surface area (Å²) in [6.07, 6.45) is 1.78. The van der Waals surface area contributed by atoms with E-state index in [0.717, 1.165) is 18.5 Å². The maximum atomic E-state index is 12.6. The Bertz CT molecular complexity index is 911. The summed E-state index contributed by atoms with van der Waals surface area (Å²) < 4.78 is 1.63. The zero-order valence-electron chi connectivity index (χ0n) is 15.3. The Morgan fingerprint density at radius 1 is 1.24 bits per heavy atom. The fourth-order valence-electron chi connectivity index (χ4n) is 3.06. The topological polar surface area (TPSA) is 66.8 Å². The highest BCUT2D eigenvalue weighted by molar-refractivity contribution is 5.77. The molecule has 25 heavy (non-hydrogen) atoms. The number of rotatable bonds is 6. The zero-order valence-corrected chi connectivity index (χ0v) is 15.3. The second-order valence-electron chi connectivity index (χ2n) is 6.61. The van der Waals surface area contributed by atoms with E-state index in [1.165, 1.54) is 5.56 Å². The summed E-state index contributed by atoms with van der Waals surface area (Å²) in [4.78, 5) is 22.5. The SMILES string of the molecule is CCCc1nn(C)c2c(=O)[nH]c(N(Cc3ccccc3)C(C)C)nc12. The molecule has 0 atom stereocenters. The molecule has 0 unspecified atom stereocenters. The molecular weight excluding hydrogens is 314 g/mol. The third-order valence-corrected chi connectivity index (χ3v) is 4.33. The number of benzene rings is 1. The molecule has 0 saturated heterocycles. The average molecular weight is 339 g/mol. The van der Waals surface area contributed by atoms with Crippen LogP contribution in [0.5, 0.6) is 0 Å². The summed E-state index contributed by atoms with van der Waals surface area (Å²) in [6.45, 7) is 6.99. The van der Waals surface area contributed by atoms with Crippen molar-refractivity contribution in [1.29, 1.82) is 0 Å². The molecule has 0 spiro atoms. The first-order valence-electron chi connectivity index (χ1n) is 8.77. The molecule has 6 heteroatoms. The molecule has 0 amide bonds. The molecule has 0 aliphatic rings. The van der Waals surface area contributed by atoms with Gasteiger partial charge in [-0.15, -0.1) is 0 Å². The van der Waals surface area contributed by atoms with Gasteiger partial charge >= 0.3 is 0 Å². The third-order valence-electron chi connectivity index (χ3n) is 4.33. The Morgan fingerprint density at radius 2 is 1.96 bits per heavy atom. The van der Waals surface area contributed by atoms with Crippen LogP contribution in [0.4, 0.5) is 5.95 Å². The van der Waals surface area contributed by atoms with E-state index >= 15 is 0 Å². The van der Waals surface area contributed by atoms with Gasteiger partial charge in [0.25, 0.3) is 5.56 Å². The lowest BCUT2D eigenvalue weighted by molar-refractivity contribution is 0.661. The van der Waals surface area contributed by atoms with Crippen LogP contribution in [0, 0.1) is 0 Å². The Labute approximate surface area is 147 Å². The first-order chi connectivity index (χ1) is 12.0. The standard InChI is InChI=1S/C19H25N5O/c1-5-9-15-16-17(23(4)22-15)18(25)21-19(20-16)24(13(2)3)12-14-10-7-6-8-11-14/h6-8,10-11,13H,5,9,12H2,1-4H3,(H,20,21,25). The van der Waals surface area contributed by atoms with E-state index < -0.39 is 0 Å². The summed E-state index contributed by atoms with van der Waals surface area (Å²) in [5.41, 5.74) is 3.17. The largest absolute Gasteiger partial charge is 0.336 e. The maximum Gasteiger partial charge on any atom is 0.278 e. The molecule has 132 valence electrons. The van der Waals surface area contributed by atoms with Gasteiger partial charge in [0.2, 0.25) is 5.95 Å². The third kappa shape index (κ3) is 3.43. The van der Waals surface area contributed by atoms with Gasteiger partial charge < -0.3 is 4.90 Å². The minimum atomic E-state index is -0.143. The summed E-state index contributed by atoms with van der Waals surface area (Å²) in [7, 11) is 1.79. The predicted octanol–water partition coefficient (Wildman–Crippen LogP) is 3.02. The molecule has 6 nitrogen and oxygen atoms in total. The van der Waals surface area contributed by atoms with Crippen molar-refractivity contribution in [2.45, 2.75) is 46.2 Å². The maximum absolute atomic E-state index is 12.6. The molecule has 1 N–H and O–H groups in total. The highest BCUT2D eigenvalue weighted by Gasteiger charge is 2.19. The molecule has 0 fully saturated rings. The first-order valence-corrected chi connectivity index (χ1v) is 8.77. The Kier molecular flexibility index (Phi) is 4.88. The molecule has 3 rings (SSSR count). The molecule has 2 heterocycles. The van der Waals surface area contributed by atoms with Crippen LogP contribution in [-0.2, 0) is 20.0 Å². The number of hydrogen-bond donors (Lipinski definition) is 1. The number of nitrogens with zero attached hydrogens (tertiary/aromatic N) is 4. The number of fused-ring (bicyclic) bond motifs is 1. The number of aryl methyl sites for hydroxylation is 2. The molecule has 0 bridgehead atoms. The average Bonchev–Trinajstić information content (AvgIpc) is 2.90. The van der Waals surface area contributed by atoms with Crippen molar-refractivity contribution in [2.24, 2.45) is 7.05 Å². The lowest BCUT2D eigenvalue weighted by Crippen LogP contribution is -2.33. The van der Waals surface area contributed by atoms with Crippen molar-refractivity contribution in [1.82, 2.24) is 19.7 Å². The number of aromatic amines is 1. The van der Waals surface area contributed by atoms with E-state index in [9.17, 15) is 4.79 Å². The van der Waals surface area contributed by atoms with Crippen molar-refractivity contribution in [3.63, 3.8) is 0 Å². The fourth-order valence-corrected chi connectivity index (χ4v) is 3.06. The number of aromatic nitrogens is 4. The Balaban J connectivity index is 2.08. The summed E-state index contributed by atoms with van der Waals surface area (Å²) in [6, 6.07) is 10.4. The molecule has 3 aromatic rings. The van der Waals surface area contributed by atoms with Crippen LogP contribution in [0.3, 0.4) is 0 Å². The molecule has 2 aromatic heterocycles. The van der Waals surface area contributed by atoms with E-state index in [4.69, 9.17) is 4.98 Å². The van der Waals surface area contributed by atoms with Gasteiger partial charge in [-0.2, -0.15) is 5.10 Å². The van der Waals surface area contributed by atoms with Gasteiger partial charge in [0.1, 0.15) is 5.52 Å². The second-order valence-corrected chi connectivity index (χ2v) is 6.61. The molecule has 0 aliphatic heterocycles. The summed E-state index contributed by atoms with van der Waals surface area (Å²) in [5, 5.41) is 4.49. The van der Waals surface area contributed by atoms with Crippen LogP contribution < -0.4 is 10.5 Å². The zero-order chi connectivity index (χ0) is 18.0. The predicted molar refractivity (Wildman–Crippen MR) is 101 cm³/mol. The highest BCUT2D eigenvalue weighted by atomic mass is 16.1. The van der Waals surface area contributed by atoms with Crippen molar-refractivity contribution >= 4 is 17.0 Å². The minimum Gasteiger partial charge on any atom is -0.336 e. The van der Waals surface area contributed by atoms with Crippen LogP contribution in [0.1, 0.15) is 38.4 Å². The van der Waals surface area contributed by atoms with E-state index in [-0.39, 0.29) is 11.6 Å². The Morgan fingerprint density at radius 3 is 2.60 bits per heavy atom. The minimum absolute atomic E-state index is 0.143. The van der Waals surface area contributed by atoms with Gasteiger partial charge in [-0.1, -0.05) is 43.7 Å². The number of H-pyrrole nitrogens is 1. The lowest BCUT2D eigenvalue weighted by atomic mass is 10.2. The van der Waals surface area contributed by atoms with Gasteiger partial charge in [-0.25, -0.2) is 4.98 Å². The van der Waals surface area contributed by atoms with Crippen molar-refractivity contribution < 1.29 is 0 Å². The molecule has 0 saturated carbocycles. The van der Waals surface area contributed by atoms with E-state index in [1.54, 1.807) is 11.7 Å². The number of nitrogens with one attached hydrogen (secondary N) is 1. The van der Waals surface area contributed by atoms with E-state index in [2.05, 4.69) is 47.9 Å². The van der Waals surface area contributed by atoms with E-state index in [1.807, 2.05) is 18.2 Å². The highest BCUT2D eigenvalue weighted by Crippen LogP contribution is 2.20. The number of hydrogen-bond acceptors (Lipinski definition) is 4. The first kappa shape index (κ1) is 17.2. The molecule has 1 aromatic carbocycles. The molecule has 0 aliphatic carbocycles. The van der Waals surface area contributed by atoms with Crippen molar-refractivity contribution in [3.05, 3.63) is 51.9 Å². The molecule has 0 radical (unpaired) electrons. The van der Waals surface area contributed by atoms with Gasteiger partial charge in [0.05, 0.1) is 5.69 Å². The van der Waals surface area contributed by atoms with Gasteiger partial charge in [0, 0.05) is 19.6 Å². The summed E-state index contributed by atoms with van der Waals surface area (Å²) in [5.74, 6) is 0.599. The molecular formula is C19H25N5O. The lowest BCUT2D eigenvalue weighted by Gasteiger charge is -2.27. The fraction of sp³-hybridized carbons (Fsp3) is 0.421. The smallest absolute Gasteiger partial charge is 0.278 e. The quantitative estimate of drug-likeness (QED) is 0.749. The summed E-state index contributed by atoms with van der Waals surface area (Å²) >= 11 is 0. The van der Waals surface area contributed by atoms with Crippen LogP contribution in [0.2, 0.25) is 0 Å². The monoisotopic (exact) mass is 339 g/mol. The van der Waals surface area contributed by atoms with Gasteiger partial charge in [-0.05, 0) is 25.8 Å². The van der Waals surface area contributed by atoms with E-state index in [0.29, 0.717) is 23.5 Å². The van der Waals surface area contributed by atoms with Crippen LogP contribution in [0.25, 0.3) is 11.0 Å². The Hall–Kier alpha value is -2.63. The number of anilines is 1. The van der Waals surface area contributed by atoms with Crippen LogP contribution >= 0.6 is 0 Å². The van der Waals surface area contributed by atoms with Crippen molar-refractivity contribution in [2.75, 3.05) is 4.90 Å². The van der Waals surface area contributed by atoms with Crippen LogP contribution in [-0.4, -0.2) is 25.8 Å².